The van der Waals surface area contributed by atoms with E-state index < -0.39 is 0 Å². The maximum atomic E-state index is 5.74. The van der Waals surface area contributed by atoms with Gasteiger partial charge in [0.05, 0.1) is 7.11 Å². The minimum Gasteiger partial charge on any atom is -0.497 e. The van der Waals surface area contributed by atoms with Crippen LogP contribution in [0.2, 0.25) is 0 Å². The van der Waals surface area contributed by atoms with Crippen molar-refractivity contribution in [3.63, 3.8) is 0 Å². The van der Waals surface area contributed by atoms with E-state index in [1.54, 1.807) is 7.11 Å². The van der Waals surface area contributed by atoms with Crippen LogP contribution in [0.3, 0.4) is 0 Å². The van der Waals surface area contributed by atoms with Gasteiger partial charge in [-0.3, -0.25) is 0 Å². The van der Waals surface area contributed by atoms with Crippen molar-refractivity contribution in [2.45, 2.75) is 19.9 Å². The molecule has 0 saturated carbocycles. The van der Waals surface area contributed by atoms with E-state index in [0.29, 0.717) is 6.61 Å². The minimum absolute atomic E-state index is 0.237. The van der Waals surface area contributed by atoms with Crippen molar-refractivity contribution in [1.82, 2.24) is 5.32 Å². The van der Waals surface area contributed by atoms with Gasteiger partial charge < -0.3 is 14.8 Å². The molecule has 0 amide bonds. The summed E-state index contributed by atoms with van der Waals surface area (Å²) in [4.78, 5) is 0. The number of methoxy groups -OCH3 is 1. The van der Waals surface area contributed by atoms with E-state index in [-0.39, 0.29) is 6.04 Å². The molecule has 1 unspecified atom stereocenters. The van der Waals surface area contributed by atoms with Crippen LogP contribution in [-0.4, -0.2) is 20.8 Å². The van der Waals surface area contributed by atoms with E-state index >= 15 is 0 Å². The molecule has 0 spiro atoms. The van der Waals surface area contributed by atoms with Crippen LogP contribution in [0, 0.1) is 0 Å². The SMILES string of the molecule is C=C(C)COc1cc(OC)ccc1C(C)NC. The Bertz CT molecular complexity index is 388. The van der Waals surface area contributed by atoms with E-state index in [4.69, 9.17) is 9.47 Å². The quantitative estimate of drug-likeness (QED) is 0.769. The van der Waals surface area contributed by atoms with Crippen LogP contribution in [0.1, 0.15) is 25.5 Å². The fourth-order valence-corrected chi connectivity index (χ4v) is 1.48. The molecule has 0 heterocycles. The van der Waals surface area contributed by atoms with Crippen LogP contribution >= 0.6 is 0 Å². The van der Waals surface area contributed by atoms with Crippen molar-refractivity contribution in [3.05, 3.63) is 35.9 Å². The Morgan fingerprint density at radius 3 is 2.71 bits per heavy atom. The van der Waals surface area contributed by atoms with Crippen LogP contribution in [0.5, 0.6) is 11.5 Å². The third kappa shape index (κ3) is 3.79. The number of ether oxygens (including phenoxy) is 2. The van der Waals surface area contributed by atoms with Gasteiger partial charge in [0, 0.05) is 17.7 Å². The van der Waals surface area contributed by atoms with Crippen molar-refractivity contribution in [2.75, 3.05) is 20.8 Å². The third-order valence-electron chi connectivity index (χ3n) is 2.59. The number of nitrogens with one attached hydrogen (secondary N) is 1. The Morgan fingerprint density at radius 2 is 2.18 bits per heavy atom. The first-order chi connectivity index (χ1) is 8.08. The summed E-state index contributed by atoms with van der Waals surface area (Å²) >= 11 is 0. The predicted molar refractivity (Wildman–Crippen MR) is 70.8 cm³/mol. The molecule has 17 heavy (non-hydrogen) atoms. The molecule has 3 heteroatoms. The van der Waals surface area contributed by atoms with Gasteiger partial charge in [0.25, 0.3) is 0 Å². The molecule has 0 fully saturated rings. The maximum absolute atomic E-state index is 5.74. The normalized spacial score (nSPS) is 12.0. The molecule has 0 aliphatic carbocycles. The number of hydrogen-bond acceptors (Lipinski definition) is 3. The Kier molecular flexibility index (Phi) is 5.04. The highest BCUT2D eigenvalue weighted by Crippen LogP contribution is 2.29. The molecule has 0 aromatic heterocycles. The first-order valence-electron chi connectivity index (χ1n) is 5.71. The van der Waals surface area contributed by atoms with Gasteiger partial charge in [-0.15, -0.1) is 0 Å². The average Bonchev–Trinajstić information content (AvgIpc) is 2.34. The van der Waals surface area contributed by atoms with Gasteiger partial charge in [0.15, 0.2) is 0 Å². The van der Waals surface area contributed by atoms with Gasteiger partial charge in [-0.2, -0.15) is 0 Å². The monoisotopic (exact) mass is 235 g/mol. The van der Waals surface area contributed by atoms with Crippen molar-refractivity contribution in [1.29, 1.82) is 0 Å². The molecule has 1 aromatic rings. The molecule has 0 bridgehead atoms. The molecule has 1 N–H and O–H groups in total. The number of hydrogen-bond donors (Lipinski definition) is 1. The highest BCUT2D eigenvalue weighted by atomic mass is 16.5. The lowest BCUT2D eigenvalue weighted by Crippen LogP contribution is -2.14. The molecule has 3 nitrogen and oxygen atoms in total. The van der Waals surface area contributed by atoms with Gasteiger partial charge in [0.1, 0.15) is 18.1 Å². The van der Waals surface area contributed by atoms with Gasteiger partial charge in [-0.25, -0.2) is 0 Å². The zero-order valence-corrected chi connectivity index (χ0v) is 11.0. The van der Waals surface area contributed by atoms with Crippen LogP contribution in [0.15, 0.2) is 30.4 Å². The van der Waals surface area contributed by atoms with Crippen molar-refractivity contribution >= 4 is 0 Å². The smallest absolute Gasteiger partial charge is 0.128 e. The lowest BCUT2D eigenvalue weighted by Gasteiger charge is -2.17. The van der Waals surface area contributed by atoms with Crippen molar-refractivity contribution in [2.24, 2.45) is 0 Å². The van der Waals surface area contributed by atoms with E-state index in [2.05, 4.69) is 18.8 Å². The van der Waals surface area contributed by atoms with E-state index in [0.717, 1.165) is 22.6 Å². The first-order valence-corrected chi connectivity index (χ1v) is 5.71. The van der Waals surface area contributed by atoms with Gasteiger partial charge in [-0.1, -0.05) is 12.6 Å². The molecule has 1 atom stereocenters. The van der Waals surface area contributed by atoms with Crippen LogP contribution in [0.4, 0.5) is 0 Å². The molecular formula is C14H21NO2. The van der Waals surface area contributed by atoms with Gasteiger partial charge in [0.2, 0.25) is 0 Å². The fraction of sp³-hybridized carbons (Fsp3) is 0.429. The summed E-state index contributed by atoms with van der Waals surface area (Å²) in [5.41, 5.74) is 2.12. The second-order valence-corrected chi connectivity index (χ2v) is 4.16. The van der Waals surface area contributed by atoms with E-state index in [9.17, 15) is 0 Å². The highest BCUT2D eigenvalue weighted by Gasteiger charge is 2.11. The summed E-state index contributed by atoms with van der Waals surface area (Å²) < 4.78 is 11.0. The summed E-state index contributed by atoms with van der Waals surface area (Å²) in [6.07, 6.45) is 0. The maximum Gasteiger partial charge on any atom is 0.128 e. The molecule has 0 aliphatic rings. The summed E-state index contributed by atoms with van der Waals surface area (Å²) in [5, 5.41) is 3.20. The lowest BCUT2D eigenvalue weighted by molar-refractivity contribution is 0.340. The lowest BCUT2D eigenvalue weighted by atomic mass is 10.1. The van der Waals surface area contributed by atoms with Crippen molar-refractivity contribution < 1.29 is 9.47 Å². The summed E-state index contributed by atoms with van der Waals surface area (Å²) in [6, 6.07) is 6.11. The number of rotatable bonds is 6. The molecule has 0 radical (unpaired) electrons. The Hall–Kier alpha value is -1.48. The van der Waals surface area contributed by atoms with Crippen LogP contribution in [-0.2, 0) is 0 Å². The Balaban J connectivity index is 2.98. The topological polar surface area (TPSA) is 30.5 Å². The van der Waals surface area contributed by atoms with Crippen LogP contribution < -0.4 is 14.8 Å². The zero-order valence-electron chi connectivity index (χ0n) is 11.0. The van der Waals surface area contributed by atoms with E-state index in [1.165, 1.54) is 0 Å². The second-order valence-electron chi connectivity index (χ2n) is 4.16. The van der Waals surface area contributed by atoms with Gasteiger partial charge >= 0.3 is 0 Å². The molecular weight excluding hydrogens is 214 g/mol. The average molecular weight is 235 g/mol. The zero-order chi connectivity index (χ0) is 12.8. The second kappa shape index (κ2) is 6.30. The molecule has 1 aromatic carbocycles. The molecule has 0 saturated heterocycles. The summed E-state index contributed by atoms with van der Waals surface area (Å²) in [7, 11) is 3.58. The Morgan fingerprint density at radius 1 is 1.47 bits per heavy atom. The van der Waals surface area contributed by atoms with E-state index in [1.807, 2.05) is 32.2 Å². The predicted octanol–water partition coefficient (Wildman–Crippen LogP) is 2.93. The fourth-order valence-electron chi connectivity index (χ4n) is 1.48. The number of benzene rings is 1. The molecule has 0 aliphatic heterocycles. The molecule has 94 valence electrons. The Labute approximate surface area is 103 Å². The standard InChI is InChI=1S/C14H21NO2/c1-10(2)9-17-14-8-12(16-5)6-7-13(14)11(3)15-4/h6-8,11,15H,1,9H2,2-5H3. The van der Waals surface area contributed by atoms with Crippen molar-refractivity contribution in [3.8, 4) is 11.5 Å². The van der Waals surface area contributed by atoms with Crippen LogP contribution in [0.25, 0.3) is 0 Å². The summed E-state index contributed by atoms with van der Waals surface area (Å²) in [6.45, 7) is 8.40. The molecule has 1 rings (SSSR count). The van der Waals surface area contributed by atoms with Gasteiger partial charge in [-0.05, 0) is 32.5 Å². The highest BCUT2D eigenvalue weighted by molar-refractivity contribution is 5.42. The third-order valence-corrected chi connectivity index (χ3v) is 2.59. The minimum atomic E-state index is 0.237. The largest absolute Gasteiger partial charge is 0.497 e. The first kappa shape index (κ1) is 13.6. The summed E-state index contributed by atoms with van der Waals surface area (Å²) in [5.74, 6) is 1.64.